The van der Waals surface area contributed by atoms with Crippen LogP contribution in [-0.2, 0) is 4.74 Å². The van der Waals surface area contributed by atoms with Crippen molar-refractivity contribution in [2.75, 3.05) is 6.61 Å². The third-order valence-corrected chi connectivity index (χ3v) is 4.92. The second-order valence-corrected chi connectivity index (χ2v) is 6.56. The summed E-state index contributed by atoms with van der Waals surface area (Å²) < 4.78 is 5.02. The fourth-order valence-electron chi connectivity index (χ4n) is 2.32. The van der Waals surface area contributed by atoms with Crippen LogP contribution >= 0.6 is 22.9 Å². The van der Waals surface area contributed by atoms with Gasteiger partial charge in [-0.2, -0.15) is 0 Å². The highest BCUT2D eigenvalue weighted by Gasteiger charge is 2.20. The zero-order chi connectivity index (χ0) is 18.0. The molecule has 0 saturated heterocycles. The van der Waals surface area contributed by atoms with Crippen LogP contribution in [0.2, 0.25) is 0 Å². The maximum atomic E-state index is 12.4. The van der Waals surface area contributed by atoms with Gasteiger partial charge in [0.15, 0.2) is 5.82 Å². The van der Waals surface area contributed by atoms with Crippen LogP contribution in [0.1, 0.15) is 33.5 Å². The van der Waals surface area contributed by atoms with E-state index in [0.717, 1.165) is 16.9 Å². The summed E-state index contributed by atoms with van der Waals surface area (Å²) >= 11 is 7.41. The van der Waals surface area contributed by atoms with Crippen molar-refractivity contribution in [3.63, 3.8) is 0 Å². The number of H-pyrrole nitrogens is 1. The first-order chi connectivity index (χ1) is 12.0. The molecule has 0 aromatic carbocycles. The van der Waals surface area contributed by atoms with E-state index in [0.29, 0.717) is 20.7 Å². The maximum Gasteiger partial charge on any atom is 0.348 e. The highest BCUT2D eigenvalue weighted by atomic mass is 35.5. The van der Waals surface area contributed by atoms with Crippen LogP contribution in [0, 0.1) is 6.92 Å². The lowest BCUT2D eigenvalue weighted by molar-refractivity contribution is 0.0531. The molecule has 6 nitrogen and oxygen atoms in total. The Kier molecular flexibility index (Phi) is 4.96. The summed E-state index contributed by atoms with van der Waals surface area (Å²) in [4.78, 5) is 36.3. The number of thiophene rings is 1. The van der Waals surface area contributed by atoms with Crippen molar-refractivity contribution in [2.45, 2.75) is 13.8 Å². The number of pyridine rings is 1. The van der Waals surface area contributed by atoms with Gasteiger partial charge in [-0.05, 0) is 37.1 Å². The Bertz CT molecular complexity index is 1020. The minimum Gasteiger partial charge on any atom is -0.462 e. The lowest BCUT2D eigenvalue weighted by Crippen LogP contribution is -2.10. The minimum atomic E-state index is -0.457. The number of hydrogen-bond donors (Lipinski definition) is 1. The zero-order valence-corrected chi connectivity index (χ0v) is 15.1. The molecule has 0 amide bonds. The summed E-state index contributed by atoms with van der Waals surface area (Å²) in [6.45, 7) is 3.70. The number of halogens is 1. The van der Waals surface area contributed by atoms with E-state index >= 15 is 0 Å². The lowest BCUT2D eigenvalue weighted by Gasteiger charge is -2.00. The SMILES string of the molecule is CCOC(=O)c1sc2nc(/C(Cl)=C/c3cccnc3)[nH]c(=O)c2c1C. The number of carbonyl (C=O) groups excluding carboxylic acids is 1. The van der Waals surface area contributed by atoms with E-state index < -0.39 is 5.97 Å². The van der Waals surface area contributed by atoms with Crippen LogP contribution in [0.4, 0.5) is 0 Å². The maximum absolute atomic E-state index is 12.4. The molecule has 3 heterocycles. The number of rotatable bonds is 4. The van der Waals surface area contributed by atoms with Crippen LogP contribution in [0.25, 0.3) is 21.3 Å². The number of carbonyl (C=O) groups is 1. The summed E-state index contributed by atoms with van der Waals surface area (Å²) in [6, 6.07) is 3.61. The number of aromatic nitrogens is 3. The van der Waals surface area contributed by atoms with E-state index in [1.165, 1.54) is 0 Å². The molecule has 0 unspecified atom stereocenters. The quantitative estimate of drug-likeness (QED) is 0.704. The standard InChI is InChI=1S/C17H14ClN3O3S/c1-3-24-17(23)13-9(2)12-15(22)20-14(21-16(12)25-13)11(18)7-10-5-4-6-19-8-10/h4-8H,3H2,1-2H3,(H,20,21,22)/b11-7-. The number of esters is 1. The summed E-state index contributed by atoms with van der Waals surface area (Å²) in [5.74, 6) is -0.222. The van der Waals surface area contributed by atoms with Gasteiger partial charge < -0.3 is 9.72 Å². The number of aromatic amines is 1. The van der Waals surface area contributed by atoms with E-state index in [-0.39, 0.29) is 23.0 Å². The number of nitrogens with one attached hydrogen (secondary N) is 1. The fourth-order valence-corrected chi connectivity index (χ4v) is 3.62. The van der Waals surface area contributed by atoms with E-state index in [1.54, 1.807) is 38.4 Å². The molecular weight excluding hydrogens is 362 g/mol. The second kappa shape index (κ2) is 7.16. The molecule has 3 aromatic heterocycles. The lowest BCUT2D eigenvalue weighted by atomic mass is 10.2. The molecule has 1 N–H and O–H groups in total. The second-order valence-electron chi connectivity index (χ2n) is 5.15. The first kappa shape index (κ1) is 17.3. The summed E-state index contributed by atoms with van der Waals surface area (Å²) in [7, 11) is 0. The van der Waals surface area contributed by atoms with Crippen LogP contribution in [0.15, 0.2) is 29.3 Å². The molecule has 0 atom stereocenters. The van der Waals surface area contributed by atoms with E-state index in [9.17, 15) is 9.59 Å². The Morgan fingerprint density at radius 2 is 2.28 bits per heavy atom. The first-order valence-electron chi connectivity index (χ1n) is 7.49. The molecule has 3 rings (SSSR count). The minimum absolute atomic E-state index is 0.236. The highest BCUT2D eigenvalue weighted by Crippen LogP contribution is 2.29. The molecule has 8 heteroatoms. The molecule has 0 radical (unpaired) electrons. The molecule has 3 aromatic rings. The van der Waals surface area contributed by atoms with Gasteiger partial charge in [-0.15, -0.1) is 11.3 Å². The van der Waals surface area contributed by atoms with Gasteiger partial charge in [0, 0.05) is 12.4 Å². The molecule has 0 spiro atoms. The van der Waals surface area contributed by atoms with Crippen molar-refractivity contribution < 1.29 is 9.53 Å². The summed E-state index contributed by atoms with van der Waals surface area (Å²) in [6.07, 6.45) is 4.96. The van der Waals surface area contributed by atoms with Crippen LogP contribution in [0.5, 0.6) is 0 Å². The Hall–Kier alpha value is -2.51. The molecule has 128 valence electrons. The highest BCUT2D eigenvalue weighted by molar-refractivity contribution is 7.20. The number of ether oxygens (including phenoxy) is 1. The summed E-state index contributed by atoms with van der Waals surface area (Å²) in [5.41, 5.74) is 0.998. The molecule has 25 heavy (non-hydrogen) atoms. The Morgan fingerprint density at radius 3 is 2.96 bits per heavy atom. The van der Waals surface area contributed by atoms with E-state index in [1.807, 2.05) is 6.07 Å². The van der Waals surface area contributed by atoms with Gasteiger partial charge >= 0.3 is 5.97 Å². The topological polar surface area (TPSA) is 84.9 Å². The zero-order valence-electron chi connectivity index (χ0n) is 13.5. The molecule has 0 aliphatic carbocycles. The Labute approximate surface area is 152 Å². The Balaban J connectivity index is 2.09. The van der Waals surface area contributed by atoms with Crippen molar-refractivity contribution >= 4 is 50.2 Å². The molecule has 0 fully saturated rings. The third-order valence-electron chi connectivity index (χ3n) is 3.47. The van der Waals surface area contributed by atoms with Crippen molar-refractivity contribution in [2.24, 2.45) is 0 Å². The number of aryl methyl sites for hydroxylation is 1. The van der Waals surface area contributed by atoms with Crippen LogP contribution in [0.3, 0.4) is 0 Å². The number of fused-ring (bicyclic) bond motifs is 1. The number of nitrogens with zero attached hydrogens (tertiary/aromatic N) is 2. The fraction of sp³-hybridized carbons (Fsp3) is 0.176. The predicted molar refractivity (Wildman–Crippen MR) is 98.9 cm³/mol. The molecule has 0 bridgehead atoms. The van der Waals surface area contributed by atoms with Crippen molar-refractivity contribution in [3.05, 3.63) is 56.7 Å². The predicted octanol–water partition coefficient (Wildman–Crippen LogP) is 3.60. The average Bonchev–Trinajstić information content (AvgIpc) is 2.93. The Morgan fingerprint density at radius 1 is 1.48 bits per heavy atom. The van der Waals surface area contributed by atoms with Gasteiger partial charge in [-0.1, -0.05) is 17.7 Å². The molecule has 0 aliphatic rings. The van der Waals surface area contributed by atoms with E-state index in [4.69, 9.17) is 16.3 Å². The summed E-state index contributed by atoms with van der Waals surface area (Å²) in [5, 5.41) is 0.651. The van der Waals surface area contributed by atoms with Gasteiger partial charge in [0.1, 0.15) is 9.71 Å². The third kappa shape index (κ3) is 3.47. The van der Waals surface area contributed by atoms with Crippen molar-refractivity contribution in [1.29, 1.82) is 0 Å². The smallest absolute Gasteiger partial charge is 0.348 e. The molecular formula is C17H14ClN3O3S. The van der Waals surface area contributed by atoms with Crippen LogP contribution in [-0.4, -0.2) is 27.5 Å². The van der Waals surface area contributed by atoms with Gasteiger partial charge in [0.05, 0.1) is 17.0 Å². The average molecular weight is 376 g/mol. The van der Waals surface area contributed by atoms with Gasteiger partial charge in [0.2, 0.25) is 0 Å². The van der Waals surface area contributed by atoms with Gasteiger partial charge in [0.25, 0.3) is 5.56 Å². The van der Waals surface area contributed by atoms with E-state index in [2.05, 4.69) is 15.0 Å². The van der Waals surface area contributed by atoms with Gasteiger partial charge in [-0.3, -0.25) is 9.78 Å². The first-order valence-corrected chi connectivity index (χ1v) is 8.68. The van der Waals surface area contributed by atoms with Gasteiger partial charge in [-0.25, -0.2) is 9.78 Å². The number of hydrogen-bond acceptors (Lipinski definition) is 6. The molecule has 0 aliphatic heterocycles. The largest absolute Gasteiger partial charge is 0.462 e. The normalized spacial score (nSPS) is 11.7. The molecule has 0 saturated carbocycles. The monoisotopic (exact) mass is 375 g/mol. The van der Waals surface area contributed by atoms with Crippen LogP contribution < -0.4 is 5.56 Å². The van der Waals surface area contributed by atoms with Crippen molar-refractivity contribution in [3.8, 4) is 0 Å². The van der Waals surface area contributed by atoms with Crippen molar-refractivity contribution in [1.82, 2.24) is 15.0 Å².